The van der Waals surface area contributed by atoms with Crippen molar-refractivity contribution in [2.45, 2.75) is 38.0 Å². The van der Waals surface area contributed by atoms with E-state index in [2.05, 4.69) is 5.32 Å². The highest BCUT2D eigenvalue weighted by molar-refractivity contribution is 7.91. The van der Waals surface area contributed by atoms with Gasteiger partial charge in [0.05, 0.1) is 7.11 Å². The number of nitrogens with zero attached hydrogens (tertiary/aromatic N) is 1. The van der Waals surface area contributed by atoms with Gasteiger partial charge in [0.15, 0.2) is 4.75 Å². The number of amides is 1. The minimum Gasteiger partial charge on any atom is -0.497 e. The molecule has 1 fully saturated rings. The third kappa shape index (κ3) is 3.77. The molecular formula is C21H26N2O4S. The molecule has 0 bridgehead atoms. The number of rotatable bonds is 5. The zero-order chi connectivity index (χ0) is 20.4. The van der Waals surface area contributed by atoms with Gasteiger partial charge in [0.1, 0.15) is 5.75 Å². The van der Waals surface area contributed by atoms with Crippen LogP contribution in [0, 0.1) is 6.92 Å². The number of nitrogens with one attached hydrogen (secondary N) is 1. The summed E-state index contributed by atoms with van der Waals surface area (Å²) in [5.41, 5.74) is 2.30. The van der Waals surface area contributed by atoms with E-state index < -0.39 is 20.7 Å². The van der Waals surface area contributed by atoms with E-state index in [0.717, 1.165) is 11.1 Å². The number of carbonyl (C=O) groups excluding carboxylic acids is 1. The van der Waals surface area contributed by atoms with Gasteiger partial charge in [-0.25, -0.2) is 8.42 Å². The second-order valence-electron chi connectivity index (χ2n) is 7.29. The van der Waals surface area contributed by atoms with E-state index in [-0.39, 0.29) is 6.54 Å². The summed E-state index contributed by atoms with van der Waals surface area (Å²) in [6.45, 7) is 4.06. The molecule has 1 atom stereocenters. The number of hydrogen-bond acceptors (Lipinski definition) is 4. The van der Waals surface area contributed by atoms with E-state index in [9.17, 15) is 13.2 Å². The summed E-state index contributed by atoms with van der Waals surface area (Å²) in [5, 5.41) is 2.81. The molecule has 0 aliphatic carbocycles. The van der Waals surface area contributed by atoms with Crippen LogP contribution in [0.25, 0.3) is 0 Å². The maximum atomic E-state index is 13.3. The molecule has 1 saturated heterocycles. The zero-order valence-electron chi connectivity index (χ0n) is 16.4. The molecule has 1 N–H and O–H groups in total. The van der Waals surface area contributed by atoms with Crippen LogP contribution in [-0.2, 0) is 21.4 Å². The number of benzene rings is 2. The number of carbonyl (C=O) groups is 1. The van der Waals surface area contributed by atoms with E-state index in [1.807, 2.05) is 37.3 Å². The lowest BCUT2D eigenvalue weighted by molar-refractivity contribution is -0.118. The number of sulfonamides is 1. The Morgan fingerprint density at radius 2 is 1.93 bits per heavy atom. The van der Waals surface area contributed by atoms with Crippen LogP contribution >= 0.6 is 0 Å². The van der Waals surface area contributed by atoms with Crippen LogP contribution in [0.2, 0.25) is 0 Å². The third-order valence-electron chi connectivity index (χ3n) is 5.33. The summed E-state index contributed by atoms with van der Waals surface area (Å²) in [6, 6.07) is 14.7. The molecular weight excluding hydrogens is 376 g/mol. The molecule has 1 heterocycles. The summed E-state index contributed by atoms with van der Waals surface area (Å²) < 4.78 is 31.7. The maximum Gasteiger partial charge on any atom is 0.246 e. The summed E-state index contributed by atoms with van der Waals surface area (Å²) >= 11 is 0. The van der Waals surface area contributed by atoms with Gasteiger partial charge in [-0.15, -0.1) is 0 Å². The molecule has 2 aromatic rings. The molecule has 1 amide bonds. The quantitative estimate of drug-likeness (QED) is 0.832. The van der Waals surface area contributed by atoms with Crippen molar-refractivity contribution < 1.29 is 17.9 Å². The van der Waals surface area contributed by atoms with Gasteiger partial charge in [0.25, 0.3) is 0 Å². The Labute approximate surface area is 166 Å². The van der Waals surface area contributed by atoms with E-state index in [1.54, 1.807) is 25.3 Å². The minimum absolute atomic E-state index is 0.271. The standard InChI is InChI=1S/C21H26N2O4S/c1-16-14-18(27-3)10-11-19(16)22-20(24)21(2)12-7-13-23(28(21,25)26)15-17-8-5-4-6-9-17/h4-6,8-11,14H,7,12-13,15H2,1-3H3,(H,22,24). The van der Waals surface area contributed by atoms with Crippen molar-refractivity contribution in [1.82, 2.24) is 4.31 Å². The number of methoxy groups -OCH3 is 1. The first-order valence-electron chi connectivity index (χ1n) is 9.27. The van der Waals surface area contributed by atoms with Gasteiger partial charge in [-0.2, -0.15) is 4.31 Å². The molecule has 3 rings (SSSR count). The van der Waals surface area contributed by atoms with E-state index >= 15 is 0 Å². The average Bonchev–Trinajstić information content (AvgIpc) is 2.68. The fourth-order valence-electron chi connectivity index (χ4n) is 3.47. The molecule has 2 aromatic carbocycles. The van der Waals surface area contributed by atoms with Gasteiger partial charge < -0.3 is 10.1 Å². The fourth-order valence-corrected chi connectivity index (χ4v) is 5.41. The highest BCUT2D eigenvalue weighted by Crippen LogP contribution is 2.34. The van der Waals surface area contributed by atoms with Crippen molar-refractivity contribution in [3.05, 3.63) is 59.7 Å². The monoisotopic (exact) mass is 402 g/mol. The predicted molar refractivity (Wildman–Crippen MR) is 110 cm³/mol. The minimum atomic E-state index is -3.81. The van der Waals surface area contributed by atoms with Crippen LogP contribution in [0.1, 0.15) is 30.9 Å². The fraction of sp³-hybridized carbons (Fsp3) is 0.381. The first-order valence-corrected chi connectivity index (χ1v) is 10.7. The zero-order valence-corrected chi connectivity index (χ0v) is 17.3. The van der Waals surface area contributed by atoms with Crippen molar-refractivity contribution >= 4 is 21.6 Å². The first-order chi connectivity index (χ1) is 13.3. The highest BCUT2D eigenvalue weighted by atomic mass is 32.2. The number of aryl methyl sites for hydroxylation is 1. The van der Waals surface area contributed by atoms with Crippen molar-refractivity contribution in [3.8, 4) is 5.75 Å². The number of hydrogen-bond donors (Lipinski definition) is 1. The van der Waals surface area contributed by atoms with Gasteiger partial charge >= 0.3 is 0 Å². The van der Waals surface area contributed by atoms with Gasteiger partial charge in [-0.05, 0) is 56.0 Å². The Hall–Kier alpha value is -2.38. The SMILES string of the molecule is COc1ccc(NC(=O)C2(C)CCCN(Cc3ccccc3)S2(=O)=O)c(C)c1. The molecule has 6 nitrogen and oxygen atoms in total. The largest absolute Gasteiger partial charge is 0.497 e. The van der Waals surface area contributed by atoms with Crippen molar-refractivity contribution in [2.75, 3.05) is 19.0 Å². The summed E-state index contributed by atoms with van der Waals surface area (Å²) in [5.74, 6) is 0.180. The van der Waals surface area contributed by atoms with Gasteiger partial charge in [0.2, 0.25) is 15.9 Å². The Bertz CT molecular complexity index is 960. The second-order valence-corrected chi connectivity index (χ2v) is 9.66. The van der Waals surface area contributed by atoms with E-state index in [1.165, 1.54) is 11.2 Å². The van der Waals surface area contributed by atoms with Crippen LogP contribution in [0.15, 0.2) is 48.5 Å². The van der Waals surface area contributed by atoms with Crippen LogP contribution in [-0.4, -0.2) is 37.0 Å². The molecule has 0 saturated carbocycles. The van der Waals surface area contributed by atoms with E-state index in [4.69, 9.17) is 4.74 Å². The van der Waals surface area contributed by atoms with Crippen LogP contribution in [0.3, 0.4) is 0 Å². The molecule has 0 radical (unpaired) electrons. The molecule has 1 unspecified atom stereocenters. The lowest BCUT2D eigenvalue weighted by Crippen LogP contribution is -2.56. The molecule has 0 aromatic heterocycles. The third-order valence-corrected chi connectivity index (χ3v) is 7.85. The van der Waals surface area contributed by atoms with E-state index in [0.29, 0.717) is 30.8 Å². The van der Waals surface area contributed by atoms with Gasteiger partial charge in [-0.1, -0.05) is 30.3 Å². The summed E-state index contributed by atoms with van der Waals surface area (Å²) in [4.78, 5) is 13.1. The highest BCUT2D eigenvalue weighted by Gasteiger charge is 2.51. The smallest absolute Gasteiger partial charge is 0.246 e. The normalized spacial score (nSPS) is 21.8. The Kier molecular flexibility index (Phi) is 5.76. The second kappa shape index (κ2) is 7.93. The van der Waals surface area contributed by atoms with Gasteiger partial charge in [0, 0.05) is 18.8 Å². The lowest BCUT2D eigenvalue weighted by atomic mass is 10.0. The van der Waals surface area contributed by atoms with Crippen LogP contribution < -0.4 is 10.1 Å². The molecule has 0 spiro atoms. The summed E-state index contributed by atoms with van der Waals surface area (Å²) in [6.07, 6.45) is 0.930. The number of anilines is 1. The molecule has 7 heteroatoms. The number of ether oxygens (including phenoxy) is 1. The lowest BCUT2D eigenvalue weighted by Gasteiger charge is -2.38. The maximum absolute atomic E-state index is 13.3. The molecule has 28 heavy (non-hydrogen) atoms. The topological polar surface area (TPSA) is 75.7 Å². The van der Waals surface area contributed by atoms with Crippen LogP contribution in [0.5, 0.6) is 5.75 Å². The molecule has 150 valence electrons. The molecule has 1 aliphatic heterocycles. The first kappa shape index (κ1) is 20.4. The van der Waals surface area contributed by atoms with Crippen molar-refractivity contribution in [3.63, 3.8) is 0 Å². The van der Waals surface area contributed by atoms with Gasteiger partial charge in [-0.3, -0.25) is 4.79 Å². The Balaban J connectivity index is 1.84. The van der Waals surface area contributed by atoms with Crippen molar-refractivity contribution in [2.24, 2.45) is 0 Å². The van der Waals surface area contributed by atoms with Crippen LogP contribution in [0.4, 0.5) is 5.69 Å². The van der Waals surface area contributed by atoms with Crippen molar-refractivity contribution in [1.29, 1.82) is 0 Å². The molecule has 1 aliphatic rings. The summed E-state index contributed by atoms with van der Waals surface area (Å²) in [7, 11) is -2.24. The Morgan fingerprint density at radius 1 is 1.21 bits per heavy atom. The Morgan fingerprint density at radius 3 is 2.57 bits per heavy atom. The predicted octanol–water partition coefficient (Wildman–Crippen LogP) is 3.33. The average molecular weight is 403 g/mol.